The molecule has 37 heavy (non-hydrogen) atoms. The summed E-state index contributed by atoms with van der Waals surface area (Å²) in [5.41, 5.74) is 6.21. The fraction of sp³-hybridized carbons (Fsp3) is 0.200. The van der Waals surface area contributed by atoms with Gasteiger partial charge >= 0.3 is 0 Å². The molecule has 0 N–H and O–H groups in total. The fourth-order valence-electron chi connectivity index (χ4n) is 5.27. The molecule has 0 amide bonds. The van der Waals surface area contributed by atoms with Crippen LogP contribution in [0.5, 0.6) is 17.2 Å². The monoisotopic (exact) mass is 510 g/mol. The topological polar surface area (TPSA) is 62.0 Å². The summed E-state index contributed by atoms with van der Waals surface area (Å²) in [5, 5.41) is 0. The van der Waals surface area contributed by atoms with Gasteiger partial charge in [-0.2, -0.15) is 0 Å². The fourth-order valence-corrected chi connectivity index (χ4v) is 6.26. The van der Waals surface area contributed by atoms with Crippen molar-refractivity contribution in [3.63, 3.8) is 0 Å². The number of ether oxygens (including phenoxy) is 3. The van der Waals surface area contributed by atoms with Crippen molar-refractivity contribution in [2.75, 3.05) is 21.3 Å². The molecule has 6 rings (SSSR count). The summed E-state index contributed by atoms with van der Waals surface area (Å²) in [4.78, 5) is 19.8. The number of thiazole rings is 1. The maximum absolute atomic E-state index is 14.0. The molecule has 186 valence electrons. The number of aryl methyl sites for hydroxylation is 1. The Bertz CT molecular complexity index is 1730. The van der Waals surface area contributed by atoms with E-state index in [0.717, 1.165) is 46.6 Å². The van der Waals surface area contributed by atoms with Gasteiger partial charge in [-0.25, -0.2) is 4.99 Å². The normalized spacial score (nSPS) is 16.4. The maximum Gasteiger partial charge on any atom is 0.271 e. The Hall–Kier alpha value is -4.10. The molecule has 0 fully saturated rings. The van der Waals surface area contributed by atoms with Crippen molar-refractivity contribution in [2.24, 2.45) is 4.99 Å². The minimum Gasteiger partial charge on any atom is -0.497 e. The quantitative estimate of drug-likeness (QED) is 0.401. The number of fused-ring (bicyclic) bond motifs is 3. The van der Waals surface area contributed by atoms with Gasteiger partial charge in [0, 0.05) is 22.8 Å². The molecule has 1 aromatic heterocycles. The predicted octanol–water partition coefficient (Wildman–Crippen LogP) is 4.34. The Morgan fingerprint density at radius 3 is 2.51 bits per heavy atom. The molecule has 0 spiro atoms. The number of hydrogen-bond donors (Lipinski definition) is 0. The average Bonchev–Trinajstić information content (AvgIpc) is 3.26. The van der Waals surface area contributed by atoms with Crippen LogP contribution < -0.4 is 29.1 Å². The van der Waals surface area contributed by atoms with Crippen molar-refractivity contribution >= 4 is 23.1 Å². The van der Waals surface area contributed by atoms with Gasteiger partial charge in [-0.3, -0.25) is 9.36 Å². The summed E-state index contributed by atoms with van der Waals surface area (Å²) < 4.78 is 19.1. The summed E-state index contributed by atoms with van der Waals surface area (Å²) in [6, 6.07) is 21.6. The third kappa shape index (κ3) is 3.86. The van der Waals surface area contributed by atoms with E-state index in [1.165, 1.54) is 16.9 Å². The third-order valence-electron chi connectivity index (χ3n) is 7.03. The molecule has 0 bridgehead atoms. The molecule has 0 radical (unpaired) electrons. The van der Waals surface area contributed by atoms with Gasteiger partial charge in [0.15, 0.2) is 4.80 Å². The van der Waals surface area contributed by atoms with Crippen LogP contribution in [0.4, 0.5) is 0 Å². The average molecular weight is 511 g/mol. The van der Waals surface area contributed by atoms with Gasteiger partial charge in [0.2, 0.25) is 0 Å². The van der Waals surface area contributed by atoms with Crippen molar-refractivity contribution in [1.29, 1.82) is 0 Å². The number of benzene rings is 3. The first kappa shape index (κ1) is 23.3. The number of methoxy groups -OCH3 is 3. The van der Waals surface area contributed by atoms with Crippen LogP contribution in [0.25, 0.3) is 11.8 Å². The van der Waals surface area contributed by atoms with E-state index in [0.29, 0.717) is 20.8 Å². The van der Waals surface area contributed by atoms with Crippen LogP contribution in [0, 0.1) is 0 Å². The second kappa shape index (κ2) is 9.41. The first-order valence-corrected chi connectivity index (χ1v) is 12.9. The van der Waals surface area contributed by atoms with Gasteiger partial charge in [0.05, 0.1) is 37.6 Å². The number of hydrogen-bond acceptors (Lipinski definition) is 6. The minimum absolute atomic E-state index is 0.0806. The summed E-state index contributed by atoms with van der Waals surface area (Å²) in [5.74, 6) is 2.09. The number of aromatic nitrogens is 1. The number of rotatable bonds is 5. The van der Waals surface area contributed by atoms with Crippen LogP contribution in [0.2, 0.25) is 0 Å². The lowest BCUT2D eigenvalue weighted by molar-refractivity contribution is 0.393. The van der Waals surface area contributed by atoms with Crippen LogP contribution in [0.15, 0.2) is 82.1 Å². The van der Waals surface area contributed by atoms with Crippen molar-refractivity contribution in [3.05, 3.63) is 114 Å². The molecule has 1 aliphatic carbocycles. The molecule has 0 saturated heterocycles. The standard InChI is InChI=1S/C30H26N2O4S/c1-34-20-14-12-19(25(17-20)36-3)16-26-29(33)32-28(22-10-6-7-11-24(22)35-2)23-15-13-18-8-4-5-9-21(18)27(23)31-30(32)37-26/h4-12,14,16-17,28H,13,15H2,1-3H3/b26-16+/t28-/m0/s1. The highest BCUT2D eigenvalue weighted by atomic mass is 32.1. The minimum atomic E-state index is -0.296. The third-order valence-corrected chi connectivity index (χ3v) is 8.02. The van der Waals surface area contributed by atoms with Gasteiger partial charge in [0.1, 0.15) is 17.2 Å². The molecule has 1 aliphatic heterocycles. The molecule has 2 heterocycles. The first-order chi connectivity index (χ1) is 18.1. The highest BCUT2D eigenvalue weighted by molar-refractivity contribution is 7.07. The van der Waals surface area contributed by atoms with Crippen molar-refractivity contribution in [2.45, 2.75) is 18.9 Å². The number of nitrogens with zero attached hydrogens (tertiary/aromatic N) is 2. The Labute approximate surface area is 218 Å². The zero-order chi connectivity index (χ0) is 25.5. The van der Waals surface area contributed by atoms with Crippen molar-refractivity contribution in [1.82, 2.24) is 4.57 Å². The second-order valence-electron chi connectivity index (χ2n) is 8.96. The Balaban J connectivity index is 1.62. The lowest BCUT2D eigenvalue weighted by Crippen LogP contribution is -2.39. The molecular formula is C30H26N2O4S. The summed E-state index contributed by atoms with van der Waals surface area (Å²) in [6.07, 6.45) is 3.61. The lowest BCUT2D eigenvalue weighted by Gasteiger charge is -2.31. The van der Waals surface area contributed by atoms with E-state index in [1.807, 2.05) is 59.2 Å². The van der Waals surface area contributed by atoms with Crippen LogP contribution in [-0.4, -0.2) is 25.9 Å². The van der Waals surface area contributed by atoms with Crippen LogP contribution in [0.3, 0.4) is 0 Å². The second-order valence-corrected chi connectivity index (χ2v) is 9.97. The first-order valence-electron chi connectivity index (χ1n) is 12.1. The van der Waals surface area contributed by atoms with E-state index in [1.54, 1.807) is 21.3 Å². The molecule has 7 heteroatoms. The van der Waals surface area contributed by atoms with Crippen molar-refractivity contribution < 1.29 is 14.2 Å². The summed E-state index contributed by atoms with van der Waals surface area (Å²) in [6.45, 7) is 0. The van der Waals surface area contributed by atoms with Gasteiger partial charge in [-0.05, 0) is 48.3 Å². The SMILES string of the molecule is COc1ccc(/C=c2/sc3n(c2=O)[C@@H](c2ccccc2OC)C2=C(N=3)c3ccccc3CC2)c(OC)c1. The smallest absolute Gasteiger partial charge is 0.271 e. The summed E-state index contributed by atoms with van der Waals surface area (Å²) >= 11 is 1.39. The van der Waals surface area contributed by atoms with Crippen LogP contribution >= 0.6 is 11.3 Å². The molecule has 4 aromatic rings. The van der Waals surface area contributed by atoms with Gasteiger partial charge in [-0.15, -0.1) is 0 Å². The maximum atomic E-state index is 14.0. The van der Waals surface area contributed by atoms with Crippen molar-refractivity contribution in [3.8, 4) is 17.2 Å². The Kier molecular flexibility index (Phi) is 5.93. The molecule has 6 nitrogen and oxygen atoms in total. The van der Waals surface area contributed by atoms with Gasteiger partial charge < -0.3 is 14.2 Å². The highest BCUT2D eigenvalue weighted by Gasteiger charge is 2.34. The van der Waals surface area contributed by atoms with Gasteiger partial charge in [0.25, 0.3) is 5.56 Å². The molecule has 1 atom stereocenters. The molecule has 2 aliphatic rings. The van der Waals surface area contributed by atoms with E-state index in [9.17, 15) is 4.79 Å². The Morgan fingerprint density at radius 2 is 1.70 bits per heavy atom. The van der Waals surface area contributed by atoms with E-state index in [4.69, 9.17) is 19.2 Å². The lowest BCUT2D eigenvalue weighted by atomic mass is 9.83. The number of para-hydroxylation sites is 1. The summed E-state index contributed by atoms with van der Waals surface area (Å²) in [7, 11) is 4.90. The van der Waals surface area contributed by atoms with Crippen LogP contribution in [0.1, 0.15) is 34.7 Å². The molecule has 0 unspecified atom stereocenters. The zero-order valence-electron chi connectivity index (χ0n) is 20.9. The van der Waals surface area contributed by atoms with Gasteiger partial charge in [-0.1, -0.05) is 53.8 Å². The molecular weight excluding hydrogens is 484 g/mol. The highest BCUT2D eigenvalue weighted by Crippen LogP contribution is 2.43. The molecule has 3 aromatic carbocycles. The Morgan fingerprint density at radius 1 is 0.919 bits per heavy atom. The number of allylic oxidation sites excluding steroid dienone is 1. The molecule has 0 saturated carbocycles. The largest absolute Gasteiger partial charge is 0.497 e. The predicted molar refractivity (Wildman–Crippen MR) is 145 cm³/mol. The van der Waals surface area contributed by atoms with Crippen LogP contribution in [-0.2, 0) is 6.42 Å². The van der Waals surface area contributed by atoms with E-state index in [-0.39, 0.29) is 11.6 Å². The van der Waals surface area contributed by atoms with E-state index in [2.05, 4.69) is 18.2 Å². The zero-order valence-corrected chi connectivity index (χ0v) is 21.7. The van der Waals surface area contributed by atoms with E-state index < -0.39 is 0 Å². The van der Waals surface area contributed by atoms with E-state index >= 15 is 0 Å².